The van der Waals surface area contributed by atoms with Crippen LogP contribution < -0.4 is 10.1 Å². The van der Waals surface area contributed by atoms with Crippen molar-refractivity contribution in [3.63, 3.8) is 0 Å². The highest BCUT2D eigenvalue weighted by Gasteiger charge is 2.25. The number of aryl methyl sites for hydroxylation is 1. The zero-order chi connectivity index (χ0) is 18.4. The molecule has 1 aliphatic heterocycles. The minimum absolute atomic E-state index is 0.0288. The molecular weight excluding hydrogens is 328 g/mol. The Balaban J connectivity index is 1.48. The van der Waals surface area contributed by atoms with Crippen LogP contribution in [-0.2, 0) is 11.2 Å². The van der Waals surface area contributed by atoms with Crippen molar-refractivity contribution in [3.05, 3.63) is 65.2 Å². The van der Waals surface area contributed by atoms with E-state index in [4.69, 9.17) is 9.47 Å². The Morgan fingerprint density at radius 2 is 1.92 bits per heavy atom. The van der Waals surface area contributed by atoms with Gasteiger partial charge in [0.05, 0.1) is 20.3 Å². The summed E-state index contributed by atoms with van der Waals surface area (Å²) in [6.45, 7) is 4.43. The van der Waals surface area contributed by atoms with Crippen LogP contribution in [0.25, 0.3) is 0 Å². The van der Waals surface area contributed by atoms with Crippen LogP contribution in [0.5, 0.6) is 5.75 Å². The third-order valence-electron chi connectivity index (χ3n) is 4.65. The van der Waals surface area contributed by atoms with E-state index >= 15 is 0 Å². The number of nitrogens with zero attached hydrogens (tertiary/aromatic N) is 1. The van der Waals surface area contributed by atoms with Crippen LogP contribution in [0, 0.1) is 6.92 Å². The maximum absolute atomic E-state index is 12.5. The first-order chi connectivity index (χ1) is 12.7. The van der Waals surface area contributed by atoms with E-state index in [9.17, 15) is 4.79 Å². The molecule has 0 saturated carbocycles. The topological polar surface area (TPSA) is 50.8 Å². The van der Waals surface area contributed by atoms with Crippen molar-refractivity contribution in [2.45, 2.75) is 19.4 Å². The maximum Gasteiger partial charge on any atom is 0.317 e. The van der Waals surface area contributed by atoms with Crippen LogP contribution in [0.15, 0.2) is 48.5 Å². The Morgan fingerprint density at radius 3 is 2.62 bits per heavy atom. The smallest absolute Gasteiger partial charge is 0.317 e. The Bertz CT molecular complexity index is 713. The molecule has 1 unspecified atom stereocenters. The highest BCUT2D eigenvalue weighted by Crippen LogP contribution is 2.22. The van der Waals surface area contributed by atoms with Gasteiger partial charge >= 0.3 is 6.03 Å². The molecule has 138 valence electrons. The first-order valence-corrected chi connectivity index (χ1v) is 8.99. The Labute approximate surface area is 154 Å². The SMILES string of the molecule is COc1ccc(CCNC(=O)N2CCOC(c3ccc(C)cc3)C2)cc1. The molecule has 0 aliphatic carbocycles. The summed E-state index contributed by atoms with van der Waals surface area (Å²) in [4.78, 5) is 14.3. The van der Waals surface area contributed by atoms with Gasteiger partial charge in [0, 0.05) is 13.1 Å². The summed E-state index contributed by atoms with van der Waals surface area (Å²) >= 11 is 0. The van der Waals surface area contributed by atoms with Crippen LogP contribution in [-0.4, -0.2) is 44.3 Å². The average molecular weight is 354 g/mol. The van der Waals surface area contributed by atoms with Crippen molar-refractivity contribution < 1.29 is 14.3 Å². The summed E-state index contributed by atoms with van der Waals surface area (Å²) in [6.07, 6.45) is 0.734. The molecule has 0 bridgehead atoms. The number of urea groups is 1. The molecule has 5 nitrogen and oxygen atoms in total. The van der Waals surface area contributed by atoms with Gasteiger partial charge in [-0.15, -0.1) is 0 Å². The van der Waals surface area contributed by atoms with Gasteiger partial charge in [-0.3, -0.25) is 0 Å². The molecule has 1 atom stereocenters. The second-order valence-corrected chi connectivity index (χ2v) is 6.55. The van der Waals surface area contributed by atoms with E-state index in [1.54, 1.807) is 7.11 Å². The van der Waals surface area contributed by atoms with Crippen molar-refractivity contribution in [3.8, 4) is 5.75 Å². The molecule has 1 heterocycles. The molecule has 2 aromatic carbocycles. The van der Waals surface area contributed by atoms with Crippen molar-refractivity contribution >= 4 is 6.03 Å². The summed E-state index contributed by atoms with van der Waals surface area (Å²) < 4.78 is 11.0. The van der Waals surface area contributed by atoms with Crippen molar-refractivity contribution in [1.29, 1.82) is 0 Å². The van der Waals surface area contributed by atoms with E-state index in [0.29, 0.717) is 26.2 Å². The van der Waals surface area contributed by atoms with Crippen molar-refractivity contribution in [2.24, 2.45) is 0 Å². The first-order valence-electron chi connectivity index (χ1n) is 8.99. The number of rotatable bonds is 5. The molecule has 0 spiro atoms. The molecule has 1 N–H and O–H groups in total. The number of hydrogen-bond donors (Lipinski definition) is 1. The summed E-state index contributed by atoms with van der Waals surface area (Å²) in [6, 6.07) is 16.2. The molecule has 1 aliphatic rings. The van der Waals surface area contributed by atoms with Crippen LogP contribution in [0.3, 0.4) is 0 Å². The zero-order valence-electron chi connectivity index (χ0n) is 15.4. The highest BCUT2D eigenvalue weighted by molar-refractivity contribution is 5.74. The molecule has 2 amide bonds. The van der Waals surface area contributed by atoms with Crippen LogP contribution in [0.1, 0.15) is 22.8 Å². The minimum Gasteiger partial charge on any atom is -0.497 e. The molecule has 1 fully saturated rings. The quantitative estimate of drug-likeness (QED) is 0.896. The summed E-state index contributed by atoms with van der Waals surface area (Å²) in [5, 5.41) is 3.01. The zero-order valence-corrected chi connectivity index (χ0v) is 15.4. The van der Waals surface area contributed by atoms with Gasteiger partial charge in [-0.05, 0) is 36.6 Å². The number of nitrogens with one attached hydrogen (secondary N) is 1. The number of benzene rings is 2. The van der Waals surface area contributed by atoms with Gasteiger partial charge < -0.3 is 19.7 Å². The van der Waals surface area contributed by atoms with Gasteiger partial charge in [0.25, 0.3) is 0 Å². The standard InChI is InChI=1S/C21H26N2O3/c1-16-3-7-18(8-4-16)20-15-23(13-14-26-20)21(24)22-12-11-17-5-9-19(25-2)10-6-17/h3-10,20H,11-15H2,1-2H3,(H,22,24). The van der Waals surface area contributed by atoms with Crippen LogP contribution in [0.2, 0.25) is 0 Å². The van der Waals surface area contributed by atoms with Gasteiger partial charge in [-0.25, -0.2) is 4.79 Å². The first kappa shape index (κ1) is 18.3. The van der Waals surface area contributed by atoms with Gasteiger partial charge in [0.15, 0.2) is 0 Å². The largest absolute Gasteiger partial charge is 0.497 e. The fourth-order valence-corrected chi connectivity index (χ4v) is 3.03. The van der Waals surface area contributed by atoms with Gasteiger partial charge in [-0.1, -0.05) is 42.0 Å². The number of carbonyl (C=O) groups is 1. The van der Waals surface area contributed by atoms with Gasteiger partial charge in [-0.2, -0.15) is 0 Å². The third kappa shape index (κ3) is 4.76. The van der Waals surface area contributed by atoms with Crippen LogP contribution in [0.4, 0.5) is 4.79 Å². The summed E-state index contributed by atoms with van der Waals surface area (Å²) in [5.41, 5.74) is 3.51. The molecule has 0 radical (unpaired) electrons. The van der Waals surface area contributed by atoms with Crippen LogP contribution >= 0.6 is 0 Å². The molecule has 0 aromatic heterocycles. The second-order valence-electron chi connectivity index (χ2n) is 6.55. The lowest BCUT2D eigenvalue weighted by atomic mass is 10.1. The van der Waals surface area contributed by atoms with E-state index in [0.717, 1.165) is 17.7 Å². The highest BCUT2D eigenvalue weighted by atomic mass is 16.5. The monoisotopic (exact) mass is 354 g/mol. The molecule has 3 rings (SSSR count). The van der Waals surface area contributed by atoms with E-state index in [1.165, 1.54) is 11.1 Å². The normalized spacial score (nSPS) is 17.0. The van der Waals surface area contributed by atoms with E-state index in [-0.39, 0.29) is 12.1 Å². The van der Waals surface area contributed by atoms with Gasteiger partial charge in [0.1, 0.15) is 11.9 Å². The van der Waals surface area contributed by atoms with Crippen molar-refractivity contribution in [2.75, 3.05) is 33.4 Å². The fourth-order valence-electron chi connectivity index (χ4n) is 3.03. The predicted octanol–water partition coefficient (Wildman–Crippen LogP) is 3.33. The number of carbonyl (C=O) groups excluding carboxylic acids is 1. The number of hydrogen-bond acceptors (Lipinski definition) is 3. The van der Waals surface area contributed by atoms with E-state index in [1.807, 2.05) is 29.2 Å². The Morgan fingerprint density at radius 1 is 1.19 bits per heavy atom. The molecular formula is C21H26N2O3. The van der Waals surface area contributed by atoms with E-state index < -0.39 is 0 Å². The fraction of sp³-hybridized carbons (Fsp3) is 0.381. The lowest BCUT2D eigenvalue weighted by Crippen LogP contribution is -2.47. The molecule has 2 aromatic rings. The second kappa shape index (κ2) is 8.72. The number of ether oxygens (including phenoxy) is 2. The van der Waals surface area contributed by atoms with Gasteiger partial charge in [0.2, 0.25) is 0 Å². The lowest BCUT2D eigenvalue weighted by Gasteiger charge is -2.33. The molecule has 1 saturated heterocycles. The number of amides is 2. The number of morpholine rings is 1. The Kier molecular flexibility index (Phi) is 6.12. The molecule has 26 heavy (non-hydrogen) atoms. The van der Waals surface area contributed by atoms with E-state index in [2.05, 4.69) is 36.5 Å². The number of methoxy groups -OCH3 is 1. The third-order valence-corrected chi connectivity index (χ3v) is 4.65. The minimum atomic E-state index is -0.0586. The molecule has 5 heteroatoms. The maximum atomic E-state index is 12.5. The Hall–Kier alpha value is -2.53. The lowest BCUT2D eigenvalue weighted by molar-refractivity contribution is -0.0154. The average Bonchev–Trinajstić information content (AvgIpc) is 2.69. The summed E-state index contributed by atoms with van der Waals surface area (Å²) in [5.74, 6) is 0.841. The summed E-state index contributed by atoms with van der Waals surface area (Å²) in [7, 11) is 1.65. The predicted molar refractivity (Wildman–Crippen MR) is 102 cm³/mol. The van der Waals surface area contributed by atoms with Crippen molar-refractivity contribution in [1.82, 2.24) is 10.2 Å².